The minimum absolute atomic E-state index is 0.228. The maximum absolute atomic E-state index is 5.80. The Morgan fingerprint density at radius 2 is 1.58 bits per heavy atom. The number of hydroxylamine groups is 1. The Kier molecular flexibility index (Phi) is 4.53. The van der Waals surface area contributed by atoms with Crippen LogP contribution in [0.5, 0.6) is 17.2 Å². The zero-order valence-corrected chi connectivity index (χ0v) is 14.3. The summed E-state index contributed by atoms with van der Waals surface area (Å²) < 4.78 is 11.5. The van der Waals surface area contributed by atoms with Crippen LogP contribution in [0.2, 0.25) is 0 Å². The lowest BCUT2D eigenvalue weighted by atomic mass is 10.1. The Labute approximate surface area is 151 Å². The predicted molar refractivity (Wildman–Crippen MR) is 97.6 cm³/mol. The number of hydrogen-bond acceptors (Lipinski definition) is 5. The van der Waals surface area contributed by atoms with Crippen LogP contribution in [0.1, 0.15) is 17.4 Å². The Balaban J connectivity index is 1.41. The van der Waals surface area contributed by atoms with Gasteiger partial charge < -0.3 is 9.47 Å². The molecule has 1 atom stereocenters. The monoisotopic (exact) mass is 346 g/mol. The third-order valence-electron chi connectivity index (χ3n) is 3.89. The number of ether oxygens (including phenoxy) is 2. The number of rotatable bonds is 5. The smallest absolute Gasteiger partial charge is 0.216 e. The van der Waals surface area contributed by atoms with Gasteiger partial charge in [0.2, 0.25) is 5.88 Å². The van der Waals surface area contributed by atoms with Crippen LogP contribution in [0.15, 0.2) is 84.9 Å². The summed E-state index contributed by atoms with van der Waals surface area (Å²) in [5.41, 5.74) is 4.74. The summed E-state index contributed by atoms with van der Waals surface area (Å²) in [5.74, 6) is 2.79. The van der Waals surface area contributed by atoms with Gasteiger partial charge in [0.15, 0.2) is 0 Å². The maximum Gasteiger partial charge on any atom is 0.216 e. The van der Waals surface area contributed by atoms with E-state index in [1.54, 1.807) is 6.20 Å². The first-order valence-corrected chi connectivity index (χ1v) is 8.33. The van der Waals surface area contributed by atoms with Gasteiger partial charge in [-0.3, -0.25) is 9.82 Å². The highest BCUT2D eigenvalue weighted by molar-refractivity contribution is 5.35. The predicted octanol–water partition coefficient (Wildman–Crippen LogP) is 4.68. The first kappa shape index (κ1) is 16.2. The van der Waals surface area contributed by atoms with Crippen molar-refractivity contribution in [1.82, 2.24) is 10.5 Å². The molecule has 1 aromatic heterocycles. The lowest BCUT2D eigenvalue weighted by Crippen LogP contribution is -2.12. The van der Waals surface area contributed by atoms with Gasteiger partial charge in [-0.1, -0.05) is 30.3 Å². The van der Waals surface area contributed by atoms with E-state index in [0.29, 0.717) is 11.6 Å². The summed E-state index contributed by atoms with van der Waals surface area (Å²) in [5, 5.41) is 0. The summed E-state index contributed by atoms with van der Waals surface area (Å²) >= 11 is 0. The van der Waals surface area contributed by atoms with Crippen LogP contribution >= 0.6 is 0 Å². The van der Waals surface area contributed by atoms with Crippen LogP contribution in [0.4, 0.5) is 0 Å². The van der Waals surface area contributed by atoms with E-state index in [-0.39, 0.29) is 6.10 Å². The fraction of sp³-hybridized carbons (Fsp3) is 0.0952. The van der Waals surface area contributed by atoms with Gasteiger partial charge in [-0.2, -0.15) is 0 Å². The lowest BCUT2D eigenvalue weighted by molar-refractivity contribution is 0.0273. The molecule has 26 heavy (non-hydrogen) atoms. The summed E-state index contributed by atoms with van der Waals surface area (Å²) in [4.78, 5) is 9.78. The molecule has 0 unspecified atom stereocenters. The Hall–Kier alpha value is -3.31. The van der Waals surface area contributed by atoms with E-state index in [2.05, 4.69) is 10.5 Å². The summed E-state index contributed by atoms with van der Waals surface area (Å²) in [6.45, 7) is 1.93. The molecule has 4 rings (SSSR count). The molecule has 1 N–H and O–H groups in total. The highest BCUT2D eigenvalue weighted by atomic mass is 16.7. The molecular formula is C21H18N2O3. The molecule has 0 amide bonds. The number of nitrogens with one attached hydrogen (secondary N) is 1. The second-order valence-corrected chi connectivity index (χ2v) is 5.89. The van der Waals surface area contributed by atoms with Gasteiger partial charge in [0.25, 0.3) is 0 Å². The number of aromatic nitrogens is 1. The molecule has 0 radical (unpaired) electrons. The molecule has 130 valence electrons. The third-order valence-corrected chi connectivity index (χ3v) is 3.89. The normalized spacial score (nSPS) is 15.9. The number of pyridine rings is 1. The van der Waals surface area contributed by atoms with Gasteiger partial charge >= 0.3 is 0 Å². The van der Waals surface area contributed by atoms with E-state index in [9.17, 15) is 0 Å². The molecule has 0 bridgehead atoms. The van der Waals surface area contributed by atoms with Crippen molar-refractivity contribution in [1.29, 1.82) is 0 Å². The van der Waals surface area contributed by atoms with Crippen molar-refractivity contribution in [2.75, 3.05) is 0 Å². The molecule has 0 aliphatic carbocycles. The molecule has 5 nitrogen and oxygen atoms in total. The fourth-order valence-electron chi connectivity index (χ4n) is 2.54. The summed E-state index contributed by atoms with van der Waals surface area (Å²) in [6.07, 6.45) is 3.34. The molecular weight excluding hydrogens is 328 g/mol. The minimum atomic E-state index is -0.228. The topological polar surface area (TPSA) is 52.6 Å². The molecule has 5 heteroatoms. The van der Waals surface area contributed by atoms with Crippen LogP contribution in [-0.4, -0.2) is 4.98 Å². The standard InChI is InChI=1S/C21H18N2O3/c1-15-7-10-19(14-22-15)25-21-13-20(26-23-21)16-8-11-18(12-9-16)24-17-5-3-2-4-6-17/h2-14,20,23H,1H3/t20-/m1/s1. The Bertz CT molecular complexity index is 891. The third kappa shape index (κ3) is 3.84. The lowest BCUT2D eigenvalue weighted by Gasteiger charge is -2.09. The first-order valence-electron chi connectivity index (χ1n) is 8.33. The van der Waals surface area contributed by atoms with E-state index in [4.69, 9.17) is 14.3 Å². The molecule has 1 aliphatic heterocycles. The van der Waals surface area contributed by atoms with E-state index in [1.807, 2.05) is 79.7 Å². The summed E-state index contributed by atoms with van der Waals surface area (Å²) in [7, 11) is 0. The second-order valence-electron chi connectivity index (χ2n) is 5.89. The minimum Gasteiger partial charge on any atom is -0.457 e. The van der Waals surface area contributed by atoms with Crippen LogP contribution < -0.4 is 15.0 Å². The maximum atomic E-state index is 5.80. The van der Waals surface area contributed by atoms with E-state index < -0.39 is 0 Å². The average Bonchev–Trinajstić information content (AvgIpc) is 3.14. The van der Waals surface area contributed by atoms with Gasteiger partial charge in [-0.05, 0) is 48.9 Å². The first-order chi connectivity index (χ1) is 12.8. The summed E-state index contributed by atoms with van der Waals surface area (Å²) in [6, 6.07) is 21.2. The van der Waals surface area contributed by atoms with Crippen LogP contribution in [0, 0.1) is 6.92 Å². The second kappa shape index (κ2) is 7.29. The number of hydrogen-bond donors (Lipinski definition) is 1. The number of para-hydroxylation sites is 1. The van der Waals surface area contributed by atoms with Crippen LogP contribution in [0.3, 0.4) is 0 Å². The van der Waals surface area contributed by atoms with E-state index in [1.165, 1.54) is 0 Å². The molecule has 2 aromatic carbocycles. The molecule has 3 aromatic rings. The molecule has 0 spiro atoms. The number of nitrogens with zero attached hydrogens (tertiary/aromatic N) is 1. The van der Waals surface area contributed by atoms with E-state index >= 15 is 0 Å². The van der Waals surface area contributed by atoms with Crippen LogP contribution in [-0.2, 0) is 4.84 Å². The largest absolute Gasteiger partial charge is 0.457 e. The quantitative estimate of drug-likeness (QED) is 0.727. The van der Waals surface area contributed by atoms with Crippen molar-refractivity contribution in [3.05, 3.63) is 96.1 Å². The molecule has 1 aliphatic rings. The van der Waals surface area contributed by atoms with E-state index in [0.717, 1.165) is 22.8 Å². The highest BCUT2D eigenvalue weighted by Crippen LogP contribution is 2.28. The van der Waals surface area contributed by atoms with Crippen molar-refractivity contribution in [3.63, 3.8) is 0 Å². The zero-order valence-electron chi connectivity index (χ0n) is 14.3. The molecule has 2 heterocycles. The molecule has 0 fully saturated rings. The van der Waals surface area contributed by atoms with Gasteiger partial charge in [0, 0.05) is 11.8 Å². The van der Waals surface area contributed by atoms with Gasteiger partial charge in [-0.25, -0.2) is 5.48 Å². The Morgan fingerprint density at radius 3 is 2.31 bits per heavy atom. The van der Waals surface area contributed by atoms with Crippen molar-refractivity contribution in [3.8, 4) is 17.2 Å². The zero-order chi connectivity index (χ0) is 17.8. The van der Waals surface area contributed by atoms with Gasteiger partial charge in [-0.15, -0.1) is 0 Å². The fourth-order valence-corrected chi connectivity index (χ4v) is 2.54. The van der Waals surface area contributed by atoms with Crippen molar-refractivity contribution in [2.24, 2.45) is 0 Å². The highest BCUT2D eigenvalue weighted by Gasteiger charge is 2.20. The van der Waals surface area contributed by atoms with Gasteiger partial charge in [0.1, 0.15) is 23.4 Å². The van der Waals surface area contributed by atoms with Gasteiger partial charge in [0.05, 0.1) is 6.20 Å². The number of benzene rings is 2. The SMILES string of the molecule is Cc1ccc(OC2=C[C@H](c3ccc(Oc4ccccc4)cc3)ON2)cn1. The van der Waals surface area contributed by atoms with Crippen molar-refractivity contribution < 1.29 is 14.3 Å². The molecule has 0 saturated heterocycles. The van der Waals surface area contributed by atoms with Crippen molar-refractivity contribution >= 4 is 0 Å². The van der Waals surface area contributed by atoms with Crippen LogP contribution in [0.25, 0.3) is 0 Å². The van der Waals surface area contributed by atoms with Crippen molar-refractivity contribution in [2.45, 2.75) is 13.0 Å². The average molecular weight is 346 g/mol. The Morgan fingerprint density at radius 1 is 0.846 bits per heavy atom. The number of aryl methyl sites for hydroxylation is 1. The molecule has 0 saturated carbocycles.